The lowest BCUT2D eigenvalue weighted by Gasteiger charge is -2.20. The Morgan fingerprint density at radius 1 is 1.25 bits per heavy atom. The Bertz CT molecular complexity index is 128. The highest BCUT2D eigenvalue weighted by molar-refractivity contribution is 9.09. The Morgan fingerprint density at radius 2 is 2.00 bits per heavy atom. The van der Waals surface area contributed by atoms with Crippen molar-refractivity contribution in [2.75, 3.05) is 18.5 Å². The van der Waals surface area contributed by atoms with Gasteiger partial charge in [0.25, 0.3) is 0 Å². The lowest BCUT2D eigenvalue weighted by atomic mass is 9.96. The first-order valence-corrected chi connectivity index (χ1v) is 5.84. The Hall–Kier alpha value is 0.180. The normalized spacial score (nSPS) is 20.4. The molecule has 0 atom stereocenters. The number of rotatable bonds is 4. The van der Waals surface area contributed by atoms with Crippen molar-refractivity contribution in [3.63, 3.8) is 0 Å². The van der Waals surface area contributed by atoms with Crippen LogP contribution in [-0.2, 0) is 4.74 Å². The van der Waals surface area contributed by atoms with Gasteiger partial charge in [-0.25, -0.2) is 0 Å². The molecule has 12 heavy (non-hydrogen) atoms. The van der Waals surface area contributed by atoms with E-state index in [2.05, 4.69) is 28.1 Å². The van der Waals surface area contributed by atoms with Crippen LogP contribution in [-0.4, -0.2) is 18.5 Å². The van der Waals surface area contributed by atoms with Crippen molar-refractivity contribution in [1.82, 2.24) is 0 Å². The maximum atomic E-state index is 5.30. The largest absolute Gasteiger partial charge is 0.381 e. The van der Waals surface area contributed by atoms with Crippen molar-refractivity contribution in [2.24, 2.45) is 5.92 Å². The highest BCUT2D eigenvalue weighted by Crippen LogP contribution is 2.18. The summed E-state index contributed by atoms with van der Waals surface area (Å²) in [6, 6.07) is 0. The van der Waals surface area contributed by atoms with Crippen LogP contribution in [0.3, 0.4) is 0 Å². The van der Waals surface area contributed by atoms with Gasteiger partial charge in [0.1, 0.15) is 0 Å². The second-order valence-corrected chi connectivity index (χ2v) is 4.03. The van der Waals surface area contributed by atoms with E-state index in [0.717, 1.165) is 30.9 Å². The zero-order chi connectivity index (χ0) is 8.65. The Kier molecular flexibility index (Phi) is 5.70. The fourth-order valence-corrected chi connectivity index (χ4v) is 1.72. The third-order valence-electron chi connectivity index (χ3n) is 2.25. The summed E-state index contributed by atoms with van der Waals surface area (Å²) in [4.78, 5) is 0. The Labute approximate surface area is 83.3 Å². The van der Waals surface area contributed by atoms with E-state index in [1.54, 1.807) is 0 Å². The van der Waals surface area contributed by atoms with Gasteiger partial charge in [-0.3, -0.25) is 0 Å². The number of hydrogen-bond donors (Lipinski definition) is 0. The van der Waals surface area contributed by atoms with Gasteiger partial charge in [-0.15, -0.1) is 0 Å². The molecule has 0 unspecified atom stereocenters. The maximum Gasteiger partial charge on any atom is 0.0468 e. The lowest BCUT2D eigenvalue weighted by molar-refractivity contribution is 0.0672. The van der Waals surface area contributed by atoms with E-state index in [1.165, 1.54) is 19.3 Å². The van der Waals surface area contributed by atoms with Crippen molar-refractivity contribution in [3.8, 4) is 0 Å². The highest BCUT2D eigenvalue weighted by Gasteiger charge is 2.11. The Balaban J connectivity index is 2.04. The first-order chi connectivity index (χ1) is 5.93. The molecule has 1 heterocycles. The molecule has 1 fully saturated rings. The van der Waals surface area contributed by atoms with Gasteiger partial charge in [-0.2, -0.15) is 0 Å². The van der Waals surface area contributed by atoms with Gasteiger partial charge < -0.3 is 4.74 Å². The molecule has 0 radical (unpaired) electrons. The molecule has 70 valence electrons. The smallest absolute Gasteiger partial charge is 0.0468 e. The summed E-state index contributed by atoms with van der Waals surface area (Å²) < 4.78 is 5.30. The summed E-state index contributed by atoms with van der Waals surface area (Å²) in [5.41, 5.74) is 0. The standard InChI is InChI=1S/C10H17BrO/c11-7-3-1-2-4-10-5-8-12-9-6-10/h1-2,10H,3-9H2. The number of ether oxygens (including phenoxy) is 1. The van der Waals surface area contributed by atoms with Crippen molar-refractivity contribution < 1.29 is 4.74 Å². The quantitative estimate of drug-likeness (QED) is 0.535. The van der Waals surface area contributed by atoms with Crippen molar-refractivity contribution >= 4 is 15.9 Å². The third-order valence-corrected chi connectivity index (χ3v) is 2.71. The molecule has 0 aromatic heterocycles. The molecule has 0 amide bonds. The zero-order valence-corrected chi connectivity index (χ0v) is 9.05. The lowest BCUT2D eigenvalue weighted by Crippen LogP contribution is -2.14. The molecule has 0 spiro atoms. The van der Waals surface area contributed by atoms with Crippen LogP contribution in [0.25, 0.3) is 0 Å². The molecule has 0 bridgehead atoms. The highest BCUT2D eigenvalue weighted by atomic mass is 79.9. The number of allylic oxidation sites excluding steroid dienone is 2. The van der Waals surface area contributed by atoms with E-state index >= 15 is 0 Å². The van der Waals surface area contributed by atoms with Gasteiger partial charge in [0.15, 0.2) is 0 Å². The van der Waals surface area contributed by atoms with Crippen LogP contribution in [0.5, 0.6) is 0 Å². The van der Waals surface area contributed by atoms with Crippen LogP contribution in [0.15, 0.2) is 12.2 Å². The van der Waals surface area contributed by atoms with E-state index in [1.807, 2.05) is 0 Å². The molecule has 0 aromatic carbocycles. The molecule has 0 N–H and O–H groups in total. The van der Waals surface area contributed by atoms with Crippen LogP contribution >= 0.6 is 15.9 Å². The van der Waals surface area contributed by atoms with Crippen LogP contribution in [0.4, 0.5) is 0 Å². The molecule has 0 aliphatic carbocycles. The van der Waals surface area contributed by atoms with E-state index in [9.17, 15) is 0 Å². The average Bonchev–Trinajstić information content (AvgIpc) is 2.14. The molecule has 1 rings (SSSR count). The third kappa shape index (κ3) is 4.27. The summed E-state index contributed by atoms with van der Waals surface area (Å²) in [6.07, 6.45) is 9.48. The van der Waals surface area contributed by atoms with Crippen molar-refractivity contribution in [3.05, 3.63) is 12.2 Å². The minimum absolute atomic E-state index is 0.880. The number of hydrogen-bond acceptors (Lipinski definition) is 1. The summed E-state index contributed by atoms with van der Waals surface area (Å²) in [6.45, 7) is 1.94. The predicted molar refractivity (Wildman–Crippen MR) is 55.7 cm³/mol. The van der Waals surface area contributed by atoms with E-state index < -0.39 is 0 Å². The van der Waals surface area contributed by atoms with E-state index in [-0.39, 0.29) is 0 Å². The Morgan fingerprint density at radius 3 is 2.67 bits per heavy atom. The summed E-state index contributed by atoms with van der Waals surface area (Å²) in [5.74, 6) is 0.880. The predicted octanol–water partition coefficient (Wildman–Crippen LogP) is 3.14. The van der Waals surface area contributed by atoms with Crippen LogP contribution in [0.2, 0.25) is 0 Å². The molecule has 0 aromatic rings. The first-order valence-electron chi connectivity index (χ1n) is 4.72. The molecule has 1 saturated heterocycles. The minimum atomic E-state index is 0.880. The van der Waals surface area contributed by atoms with Gasteiger partial charge in [0.2, 0.25) is 0 Å². The summed E-state index contributed by atoms with van der Waals surface area (Å²) in [5, 5.41) is 1.08. The maximum absolute atomic E-state index is 5.30. The van der Waals surface area contributed by atoms with Gasteiger partial charge in [-0.1, -0.05) is 28.1 Å². The van der Waals surface area contributed by atoms with Crippen molar-refractivity contribution in [1.29, 1.82) is 0 Å². The molecule has 1 nitrogen and oxygen atoms in total. The topological polar surface area (TPSA) is 9.23 Å². The summed E-state index contributed by atoms with van der Waals surface area (Å²) >= 11 is 3.40. The molecular formula is C10H17BrO. The average molecular weight is 233 g/mol. The van der Waals surface area contributed by atoms with Crippen LogP contribution in [0, 0.1) is 5.92 Å². The SMILES string of the molecule is BrCCC=CCC1CCOCC1. The van der Waals surface area contributed by atoms with E-state index in [4.69, 9.17) is 4.74 Å². The number of alkyl halides is 1. The molecule has 1 aliphatic rings. The molecule has 2 heteroatoms. The zero-order valence-electron chi connectivity index (χ0n) is 7.47. The minimum Gasteiger partial charge on any atom is -0.381 e. The van der Waals surface area contributed by atoms with Gasteiger partial charge >= 0.3 is 0 Å². The second-order valence-electron chi connectivity index (χ2n) is 3.24. The van der Waals surface area contributed by atoms with Gasteiger partial charge in [-0.05, 0) is 31.6 Å². The second kappa shape index (κ2) is 6.67. The van der Waals surface area contributed by atoms with Gasteiger partial charge in [0.05, 0.1) is 0 Å². The van der Waals surface area contributed by atoms with Crippen LogP contribution in [0.1, 0.15) is 25.7 Å². The monoisotopic (exact) mass is 232 g/mol. The van der Waals surface area contributed by atoms with Crippen LogP contribution < -0.4 is 0 Å². The fraction of sp³-hybridized carbons (Fsp3) is 0.800. The fourth-order valence-electron chi connectivity index (χ4n) is 1.45. The molecular weight excluding hydrogens is 216 g/mol. The van der Waals surface area contributed by atoms with Crippen molar-refractivity contribution in [2.45, 2.75) is 25.7 Å². The molecule has 0 saturated carbocycles. The first kappa shape index (κ1) is 10.3. The summed E-state index contributed by atoms with van der Waals surface area (Å²) in [7, 11) is 0. The van der Waals surface area contributed by atoms with E-state index in [0.29, 0.717) is 0 Å². The van der Waals surface area contributed by atoms with Gasteiger partial charge in [0, 0.05) is 18.5 Å². The molecule has 1 aliphatic heterocycles. The number of halogens is 1.